The first-order valence-electron chi connectivity index (χ1n) is 12.2. The molecule has 0 saturated heterocycles. The lowest BCUT2D eigenvalue weighted by Crippen LogP contribution is -2.34. The van der Waals surface area contributed by atoms with Crippen molar-refractivity contribution in [1.82, 2.24) is 15.2 Å². The Kier molecular flexibility index (Phi) is 9.43. The zero-order chi connectivity index (χ0) is 23.6. The van der Waals surface area contributed by atoms with Gasteiger partial charge in [0.25, 0.3) is 5.91 Å². The molecule has 2 aromatic rings. The summed E-state index contributed by atoms with van der Waals surface area (Å²) in [5.74, 6) is 0.492. The van der Waals surface area contributed by atoms with Gasteiger partial charge >= 0.3 is 0 Å². The highest BCUT2D eigenvalue weighted by molar-refractivity contribution is 5.97. The van der Waals surface area contributed by atoms with Crippen LogP contribution in [0.25, 0.3) is 0 Å². The second kappa shape index (κ2) is 12.5. The second-order valence-electron chi connectivity index (χ2n) is 9.45. The lowest BCUT2D eigenvalue weighted by molar-refractivity contribution is -0.116. The van der Waals surface area contributed by atoms with E-state index in [9.17, 15) is 9.59 Å². The summed E-state index contributed by atoms with van der Waals surface area (Å²) < 4.78 is 0. The molecule has 1 aliphatic rings. The Morgan fingerprint density at radius 2 is 1.82 bits per heavy atom. The van der Waals surface area contributed by atoms with Crippen molar-refractivity contribution in [2.45, 2.75) is 66.0 Å². The topological polar surface area (TPSA) is 65.5 Å². The lowest BCUT2D eigenvalue weighted by Gasteiger charge is -2.30. The number of hydrogen-bond acceptors (Lipinski definition) is 4. The summed E-state index contributed by atoms with van der Waals surface area (Å²) in [5, 5.41) is 2.99. The molecule has 2 amide bonds. The summed E-state index contributed by atoms with van der Waals surface area (Å²) in [6.45, 7) is 10.0. The molecule has 0 fully saturated rings. The SMILES string of the molecule is CC(=O)N1CCCCCCCN(CC(C)C)Cc2cc(C(=O)NCc3cccnc3)ccc21. The summed E-state index contributed by atoms with van der Waals surface area (Å²) in [6.07, 6.45) is 9.23. The highest BCUT2D eigenvalue weighted by Crippen LogP contribution is 2.26. The smallest absolute Gasteiger partial charge is 0.251 e. The number of amides is 2. The maximum Gasteiger partial charge on any atom is 0.251 e. The van der Waals surface area contributed by atoms with Gasteiger partial charge in [0.1, 0.15) is 0 Å². The summed E-state index contributed by atoms with van der Waals surface area (Å²) in [5.41, 5.74) is 3.56. The van der Waals surface area contributed by atoms with Crippen molar-refractivity contribution in [2.24, 2.45) is 5.92 Å². The van der Waals surface area contributed by atoms with Crippen molar-refractivity contribution in [3.63, 3.8) is 0 Å². The minimum atomic E-state index is -0.113. The van der Waals surface area contributed by atoms with Gasteiger partial charge in [-0.1, -0.05) is 39.2 Å². The fourth-order valence-corrected chi connectivity index (χ4v) is 4.48. The van der Waals surface area contributed by atoms with Gasteiger partial charge in [-0.05, 0) is 60.7 Å². The normalized spacial score (nSPS) is 15.9. The molecule has 0 atom stereocenters. The van der Waals surface area contributed by atoms with Crippen molar-refractivity contribution in [3.05, 3.63) is 59.4 Å². The Labute approximate surface area is 198 Å². The number of carbonyl (C=O) groups excluding carboxylic acids is 2. The second-order valence-corrected chi connectivity index (χ2v) is 9.45. The van der Waals surface area contributed by atoms with Crippen molar-refractivity contribution in [3.8, 4) is 0 Å². The van der Waals surface area contributed by atoms with E-state index in [1.54, 1.807) is 19.3 Å². The van der Waals surface area contributed by atoms with Crippen LogP contribution in [0.15, 0.2) is 42.7 Å². The van der Waals surface area contributed by atoms with Gasteiger partial charge in [-0.25, -0.2) is 0 Å². The Morgan fingerprint density at radius 3 is 2.52 bits per heavy atom. The van der Waals surface area contributed by atoms with E-state index in [0.717, 1.165) is 55.8 Å². The molecule has 33 heavy (non-hydrogen) atoms. The van der Waals surface area contributed by atoms with Crippen LogP contribution in [0.1, 0.15) is 74.4 Å². The van der Waals surface area contributed by atoms with Crippen molar-refractivity contribution >= 4 is 17.5 Å². The highest BCUT2D eigenvalue weighted by Gasteiger charge is 2.20. The standard InChI is InChI=1S/C27H38N4O2/c1-21(2)19-30-14-7-5-4-6-8-15-31(22(3)32)26-12-11-24(16-25(26)20-30)27(33)29-18-23-10-9-13-28-17-23/h9-13,16-17,21H,4-8,14-15,18-20H2,1-3H3,(H,29,33). The molecule has 0 unspecified atom stereocenters. The predicted molar refractivity (Wildman–Crippen MR) is 133 cm³/mol. The van der Waals surface area contributed by atoms with E-state index >= 15 is 0 Å². The van der Waals surface area contributed by atoms with Crippen LogP contribution >= 0.6 is 0 Å². The van der Waals surface area contributed by atoms with Crippen LogP contribution in [-0.4, -0.2) is 41.3 Å². The van der Waals surface area contributed by atoms with Crippen molar-refractivity contribution in [1.29, 1.82) is 0 Å². The van der Waals surface area contributed by atoms with E-state index in [1.165, 1.54) is 19.3 Å². The molecule has 1 aromatic carbocycles. The summed E-state index contributed by atoms with van der Waals surface area (Å²) >= 11 is 0. The van der Waals surface area contributed by atoms with Gasteiger partial charge in [-0.3, -0.25) is 19.5 Å². The number of pyridine rings is 1. The first-order chi connectivity index (χ1) is 15.9. The first-order valence-corrected chi connectivity index (χ1v) is 12.2. The Bertz CT molecular complexity index is 914. The number of nitrogens with one attached hydrogen (secondary N) is 1. The van der Waals surface area contributed by atoms with E-state index in [4.69, 9.17) is 0 Å². The van der Waals surface area contributed by atoms with Crippen LogP contribution < -0.4 is 10.2 Å². The number of benzene rings is 1. The van der Waals surface area contributed by atoms with Gasteiger partial charge in [0, 0.05) is 56.7 Å². The lowest BCUT2D eigenvalue weighted by atomic mass is 10.0. The molecule has 6 nitrogen and oxygen atoms in total. The van der Waals surface area contributed by atoms with E-state index in [1.807, 2.05) is 35.2 Å². The average Bonchev–Trinajstić information content (AvgIpc) is 2.78. The number of aromatic nitrogens is 1. The summed E-state index contributed by atoms with van der Waals surface area (Å²) in [6, 6.07) is 9.58. The molecule has 0 saturated carbocycles. The molecule has 3 rings (SSSR count). The van der Waals surface area contributed by atoms with E-state index in [-0.39, 0.29) is 11.8 Å². The van der Waals surface area contributed by atoms with Crippen LogP contribution in [0.3, 0.4) is 0 Å². The fraction of sp³-hybridized carbons (Fsp3) is 0.519. The summed E-state index contributed by atoms with van der Waals surface area (Å²) in [4.78, 5) is 33.9. The Morgan fingerprint density at radius 1 is 1.06 bits per heavy atom. The summed E-state index contributed by atoms with van der Waals surface area (Å²) in [7, 11) is 0. The maximum atomic E-state index is 12.9. The number of nitrogens with zero attached hydrogens (tertiary/aromatic N) is 3. The third-order valence-electron chi connectivity index (χ3n) is 6.06. The van der Waals surface area contributed by atoms with Crippen molar-refractivity contribution in [2.75, 3.05) is 24.5 Å². The monoisotopic (exact) mass is 450 g/mol. The molecule has 0 aliphatic carbocycles. The Hall–Kier alpha value is -2.73. The average molecular weight is 451 g/mol. The van der Waals surface area contributed by atoms with Gasteiger partial charge in [0.15, 0.2) is 0 Å². The van der Waals surface area contributed by atoms with E-state index < -0.39 is 0 Å². The first kappa shape index (κ1) is 24.9. The van der Waals surface area contributed by atoms with Crippen LogP contribution in [0, 0.1) is 5.92 Å². The van der Waals surface area contributed by atoms with Gasteiger partial charge in [0.05, 0.1) is 0 Å². The van der Waals surface area contributed by atoms with Crippen LogP contribution in [0.2, 0.25) is 0 Å². The molecule has 2 heterocycles. The largest absolute Gasteiger partial charge is 0.348 e. The molecule has 6 heteroatoms. The Balaban J connectivity index is 1.88. The van der Waals surface area contributed by atoms with Crippen LogP contribution in [-0.2, 0) is 17.9 Å². The molecule has 0 radical (unpaired) electrons. The zero-order valence-corrected chi connectivity index (χ0v) is 20.3. The highest BCUT2D eigenvalue weighted by atomic mass is 16.2. The molecule has 0 spiro atoms. The third kappa shape index (κ3) is 7.67. The number of hydrogen-bond donors (Lipinski definition) is 1. The number of anilines is 1. The van der Waals surface area contributed by atoms with Gasteiger partial charge < -0.3 is 10.2 Å². The molecule has 1 aromatic heterocycles. The number of carbonyl (C=O) groups is 2. The van der Waals surface area contributed by atoms with E-state index in [0.29, 0.717) is 18.0 Å². The molecular weight excluding hydrogens is 412 g/mol. The molecule has 1 N–H and O–H groups in total. The maximum absolute atomic E-state index is 12.9. The zero-order valence-electron chi connectivity index (χ0n) is 20.3. The fourth-order valence-electron chi connectivity index (χ4n) is 4.48. The molecular formula is C27H38N4O2. The van der Waals surface area contributed by atoms with Gasteiger partial charge in [-0.2, -0.15) is 0 Å². The minimum Gasteiger partial charge on any atom is -0.348 e. The third-order valence-corrected chi connectivity index (χ3v) is 6.06. The van der Waals surface area contributed by atoms with E-state index in [2.05, 4.69) is 29.0 Å². The quantitative estimate of drug-likeness (QED) is 0.712. The predicted octanol–water partition coefficient (Wildman–Crippen LogP) is 4.79. The number of fused-ring (bicyclic) bond motifs is 1. The molecule has 0 bridgehead atoms. The van der Waals surface area contributed by atoms with Crippen LogP contribution in [0.5, 0.6) is 0 Å². The van der Waals surface area contributed by atoms with Gasteiger partial charge in [-0.15, -0.1) is 0 Å². The van der Waals surface area contributed by atoms with Crippen molar-refractivity contribution < 1.29 is 9.59 Å². The molecule has 1 aliphatic heterocycles. The minimum absolute atomic E-state index is 0.0532. The number of rotatable bonds is 5. The molecule has 178 valence electrons. The van der Waals surface area contributed by atoms with Gasteiger partial charge in [0.2, 0.25) is 5.91 Å². The van der Waals surface area contributed by atoms with Crippen LogP contribution in [0.4, 0.5) is 5.69 Å².